The van der Waals surface area contributed by atoms with E-state index in [1.54, 1.807) is 37.2 Å². The summed E-state index contributed by atoms with van der Waals surface area (Å²) in [7, 11) is 1.71. The third kappa shape index (κ3) is 4.95. The fourth-order valence-corrected chi connectivity index (χ4v) is 5.44. The van der Waals surface area contributed by atoms with Crippen molar-refractivity contribution >= 4 is 22.6 Å². The number of halogens is 3. The Morgan fingerprint density at radius 2 is 1.79 bits per heavy atom. The molecule has 220 valence electrons. The number of benzene rings is 3. The molecule has 0 spiro atoms. The molecule has 0 fully saturated rings. The van der Waals surface area contributed by atoms with Crippen molar-refractivity contribution in [2.75, 3.05) is 17.4 Å². The quantitative estimate of drug-likeness (QED) is 0.218. The van der Waals surface area contributed by atoms with Crippen molar-refractivity contribution in [1.82, 2.24) is 15.4 Å². The monoisotopic (exact) mass is 587 g/mol. The molecule has 8 nitrogen and oxygen atoms in total. The summed E-state index contributed by atoms with van der Waals surface area (Å²) in [5, 5.41) is 4.52. The van der Waals surface area contributed by atoms with Crippen LogP contribution in [0.25, 0.3) is 22.1 Å². The van der Waals surface area contributed by atoms with E-state index in [1.807, 2.05) is 13.8 Å². The summed E-state index contributed by atoms with van der Waals surface area (Å²) in [4.78, 5) is 22.7. The van der Waals surface area contributed by atoms with Gasteiger partial charge in [-0.1, -0.05) is 24.3 Å². The van der Waals surface area contributed by atoms with Crippen LogP contribution in [0, 0.1) is 17.5 Å². The number of nitrogens with zero attached hydrogens (tertiary/aromatic N) is 3. The van der Waals surface area contributed by atoms with Gasteiger partial charge < -0.3 is 14.5 Å². The summed E-state index contributed by atoms with van der Waals surface area (Å²) >= 11 is 0. The first-order valence-corrected chi connectivity index (χ1v) is 13.7. The zero-order valence-corrected chi connectivity index (χ0v) is 23.8. The van der Waals surface area contributed by atoms with Gasteiger partial charge in [-0.15, -0.1) is 0 Å². The van der Waals surface area contributed by atoms with Crippen LogP contribution in [-0.2, 0) is 0 Å². The maximum absolute atomic E-state index is 15.1. The number of hydrogen-bond acceptors (Lipinski definition) is 8. The second kappa shape index (κ2) is 11.1. The van der Waals surface area contributed by atoms with Gasteiger partial charge in [0.05, 0.1) is 23.3 Å². The SMILES string of the molecule is CNc1ncnc2c1C(c1ccc(OC(C)C)c(F)c1)NN2C(C)c1oc2cccc(F)c2c(=O)c1-c1cccc(F)c1. The van der Waals surface area contributed by atoms with Crippen molar-refractivity contribution in [3.05, 3.63) is 112 Å². The molecule has 0 amide bonds. The van der Waals surface area contributed by atoms with Crippen molar-refractivity contribution in [2.24, 2.45) is 0 Å². The normalized spacial score (nSPS) is 15.2. The van der Waals surface area contributed by atoms with Gasteiger partial charge in [-0.25, -0.2) is 28.6 Å². The van der Waals surface area contributed by atoms with Crippen LogP contribution in [0.5, 0.6) is 5.75 Å². The van der Waals surface area contributed by atoms with Gasteiger partial charge in [0.2, 0.25) is 5.43 Å². The van der Waals surface area contributed by atoms with Crippen LogP contribution in [0.3, 0.4) is 0 Å². The smallest absolute Gasteiger partial charge is 0.203 e. The second-order valence-electron chi connectivity index (χ2n) is 10.5. The van der Waals surface area contributed by atoms with Gasteiger partial charge >= 0.3 is 0 Å². The van der Waals surface area contributed by atoms with Crippen LogP contribution in [0.2, 0.25) is 0 Å². The molecule has 3 heterocycles. The Bertz CT molecular complexity index is 1910. The Morgan fingerprint density at radius 1 is 1.00 bits per heavy atom. The summed E-state index contributed by atoms with van der Waals surface area (Å²) in [5.74, 6) is -0.591. The zero-order chi connectivity index (χ0) is 30.4. The number of rotatable bonds is 7. The van der Waals surface area contributed by atoms with E-state index >= 15 is 4.39 Å². The molecule has 3 aromatic carbocycles. The van der Waals surface area contributed by atoms with Crippen molar-refractivity contribution in [1.29, 1.82) is 0 Å². The minimum atomic E-state index is -0.744. The fourth-order valence-electron chi connectivity index (χ4n) is 5.44. The van der Waals surface area contributed by atoms with Gasteiger partial charge in [0.25, 0.3) is 0 Å². The second-order valence-corrected chi connectivity index (χ2v) is 10.5. The Morgan fingerprint density at radius 3 is 2.51 bits per heavy atom. The molecule has 1 aliphatic rings. The highest BCUT2D eigenvalue weighted by molar-refractivity contribution is 5.84. The lowest BCUT2D eigenvalue weighted by atomic mass is 9.98. The number of fused-ring (bicyclic) bond motifs is 2. The van der Waals surface area contributed by atoms with Gasteiger partial charge in [0.15, 0.2) is 17.4 Å². The van der Waals surface area contributed by atoms with Gasteiger partial charge in [0.1, 0.15) is 46.6 Å². The molecule has 0 radical (unpaired) electrons. The summed E-state index contributed by atoms with van der Waals surface area (Å²) in [6, 6.07) is 13.0. The number of aromatic nitrogens is 2. The lowest BCUT2D eigenvalue weighted by molar-refractivity contribution is 0.231. The highest BCUT2D eigenvalue weighted by Gasteiger charge is 2.39. The molecule has 43 heavy (non-hydrogen) atoms. The topological polar surface area (TPSA) is 92.5 Å². The minimum absolute atomic E-state index is 0.0144. The average Bonchev–Trinajstić information content (AvgIpc) is 3.37. The molecule has 1 aliphatic heterocycles. The van der Waals surface area contributed by atoms with Gasteiger partial charge in [-0.2, -0.15) is 0 Å². The largest absolute Gasteiger partial charge is 0.488 e. The van der Waals surface area contributed by atoms with E-state index in [9.17, 15) is 13.6 Å². The molecule has 11 heteroatoms. The molecular weight excluding hydrogens is 559 g/mol. The molecule has 0 bridgehead atoms. The maximum Gasteiger partial charge on any atom is 0.203 e. The Labute approximate surface area is 245 Å². The molecule has 2 unspecified atom stereocenters. The van der Waals surface area contributed by atoms with E-state index in [4.69, 9.17) is 9.15 Å². The molecule has 2 atom stereocenters. The lowest BCUT2D eigenvalue weighted by Gasteiger charge is -2.28. The number of nitrogens with one attached hydrogen (secondary N) is 2. The Kier molecular flexibility index (Phi) is 7.26. The first-order chi connectivity index (χ1) is 20.7. The number of hydrazine groups is 1. The molecule has 2 aromatic heterocycles. The third-order valence-electron chi connectivity index (χ3n) is 7.31. The number of hydrogen-bond donors (Lipinski definition) is 2. The van der Waals surface area contributed by atoms with Crippen molar-refractivity contribution in [3.63, 3.8) is 0 Å². The van der Waals surface area contributed by atoms with Crippen molar-refractivity contribution in [3.8, 4) is 16.9 Å². The molecule has 0 aliphatic carbocycles. The molecule has 6 rings (SSSR count). The lowest BCUT2D eigenvalue weighted by Crippen LogP contribution is -2.38. The van der Waals surface area contributed by atoms with Gasteiger partial charge in [0, 0.05) is 7.05 Å². The van der Waals surface area contributed by atoms with E-state index in [0.29, 0.717) is 22.8 Å². The third-order valence-corrected chi connectivity index (χ3v) is 7.31. The average molecular weight is 588 g/mol. The highest BCUT2D eigenvalue weighted by atomic mass is 19.1. The van der Waals surface area contributed by atoms with Crippen LogP contribution in [0.1, 0.15) is 49.7 Å². The molecule has 2 N–H and O–H groups in total. The molecular formula is C32H28F3N5O3. The minimum Gasteiger partial charge on any atom is -0.488 e. The van der Waals surface area contributed by atoms with Crippen molar-refractivity contribution in [2.45, 2.75) is 39.0 Å². The molecule has 0 saturated carbocycles. The van der Waals surface area contributed by atoms with E-state index in [-0.39, 0.29) is 39.7 Å². The van der Waals surface area contributed by atoms with E-state index in [2.05, 4.69) is 20.7 Å². The first-order valence-electron chi connectivity index (χ1n) is 13.7. The zero-order valence-electron chi connectivity index (χ0n) is 23.8. The molecule has 0 saturated heterocycles. The van der Waals surface area contributed by atoms with Gasteiger partial charge in [-0.3, -0.25) is 9.80 Å². The van der Waals surface area contributed by atoms with Gasteiger partial charge in [-0.05, 0) is 68.3 Å². The number of anilines is 2. The van der Waals surface area contributed by atoms with E-state index in [0.717, 1.165) is 0 Å². The summed E-state index contributed by atoms with van der Waals surface area (Å²) in [6.07, 6.45) is 1.18. The number of ether oxygens (including phenoxy) is 1. The van der Waals surface area contributed by atoms with Crippen molar-refractivity contribution < 1.29 is 22.3 Å². The standard InChI is InChI=1S/C32H28F3N5O3/c1-16(2)42-23-12-11-19(14-22(23)35)28-27-31(36-4)37-15-38-32(27)40(39-28)17(3)30-25(18-7-5-8-20(33)13-18)29(41)26-21(34)9-6-10-24(26)43-30/h5-17,28,39H,1-4H3,(H,36,37,38). The maximum atomic E-state index is 15.1. The first kappa shape index (κ1) is 28.2. The summed E-state index contributed by atoms with van der Waals surface area (Å²) in [5.41, 5.74) is 4.24. The summed E-state index contributed by atoms with van der Waals surface area (Å²) in [6.45, 7) is 5.40. The van der Waals surface area contributed by atoms with Crippen LogP contribution in [-0.4, -0.2) is 23.1 Å². The fraction of sp³-hybridized carbons (Fsp3) is 0.219. The van der Waals surface area contributed by atoms with Crippen LogP contribution >= 0.6 is 0 Å². The van der Waals surface area contributed by atoms with Crippen LogP contribution in [0.4, 0.5) is 24.8 Å². The van der Waals surface area contributed by atoms with E-state index in [1.165, 1.54) is 48.8 Å². The predicted octanol–water partition coefficient (Wildman–Crippen LogP) is 6.67. The van der Waals surface area contributed by atoms with Crippen LogP contribution in [0.15, 0.2) is 76.2 Å². The van der Waals surface area contributed by atoms with Crippen LogP contribution < -0.4 is 25.9 Å². The summed E-state index contributed by atoms with van der Waals surface area (Å²) < 4.78 is 56.2. The Hall–Kier alpha value is -4.90. The van der Waals surface area contributed by atoms with E-state index < -0.39 is 35.0 Å². The molecule has 5 aromatic rings. The Balaban J connectivity index is 1.51. The highest BCUT2D eigenvalue weighted by Crippen LogP contribution is 2.44. The predicted molar refractivity (Wildman–Crippen MR) is 157 cm³/mol.